The van der Waals surface area contributed by atoms with Gasteiger partial charge in [-0.2, -0.15) is 0 Å². The number of unbranched alkanes of at least 4 members (excludes halogenated alkanes) is 1. The molecule has 0 radical (unpaired) electrons. The zero-order valence-corrected chi connectivity index (χ0v) is 21.0. The number of nitrogens with zero attached hydrogens (tertiary/aromatic N) is 2. The van der Waals surface area contributed by atoms with E-state index < -0.39 is 18.0 Å². The van der Waals surface area contributed by atoms with E-state index in [0.29, 0.717) is 23.8 Å². The van der Waals surface area contributed by atoms with Gasteiger partial charge in [-0.05, 0) is 55.5 Å². The van der Waals surface area contributed by atoms with E-state index in [2.05, 4.69) is 31.1 Å². The highest BCUT2D eigenvalue weighted by atomic mass is 16.5. The van der Waals surface area contributed by atoms with Gasteiger partial charge in [0.2, 0.25) is 0 Å². The van der Waals surface area contributed by atoms with Gasteiger partial charge in [0.1, 0.15) is 5.69 Å². The number of nitrogens with one attached hydrogen (secondary N) is 1. The predicted molar refractivity (Wildman–Crippen MR) is 139 cm³/mol. The second-order valence-corrected chi connectivity index (χ2v) is 8.91. The fourth-order valence-corrected chi connectivity index (χ4v) is 3.85. The number of esters is 1. The lowest BCUT2D eigenvalue weighted by molar-refractivity contribution is -0.153. The minimum atomic E-state index is -0.956. The number of carbonyl (C=O) groups is 2. The summed E-state index contributed by atoms with van der Waals surface area (Å²) in [4.78, 5) is 42.4. The molecule has 7 heteroatoms. The maximum atomic E-state index is 13.0. The zero-order valence-electron chi connectivity index (χ0n) is 21.0. The summed E-state index contributed by atoms with van der Waals surface area (Å²) in [6, 6.07) is 15.2. The number of hydrogen-bond donors (Lipinski definition) is 1. The lowest BCUT2D eigenvalue weighted by atomic mass is 9.99. The summed E-state index contributed by atoms with van der Waals surface area (Å²) in [6.45, 7) is 8.50. The van der Waals surface area contributed by atoms with E-state index in [1.807, 2.05) is 48.5 Å². The van der Waals surface area contributed by atoms with Crippen LogP contribution in [0.3, 0.4) is 0 Å². The Bertz CT molecular complexity index is 1220. The number of carbonyl (C=O) groups excluding carboxylic acids is 2. The van der Waals surface area contributed by atoms with Crippen molar-refractivity contribution in [3.8, 4) is 0 Å². The third-order valence-corrected chi connectivity index (χ3v) is 6.26. The van der Waals surface area contributed by atoms with Gasteiger partial charge in [-0.15, -0.1) is 0 Å². The lowest BCUT2D eigenvalue weighted by Gasteiger charge is -2.15. The average Bonchev–Trinajstić information content (AvgIpc) is 2.87. The molecule has 0 fully saturated rings. The maximum absolute atomic E-state index is 13.0. The number of para-hydroxylation sites is 2. The van der Waals surface area contributed by atoms with E-state index in [0.717, 1.165) is 30.3 Å². The highest BCUT2D eigenvalue weighted by Gasteiger charge is 2.19. The fourth-order valence-electron chi connectivity index (χ4n) is 3.85. The molecule has 0 unspecified atom stereocenters. The average molecular weight is 478 g/mol. The van der Waals surface area contributed by atoms with Crippen molar-refractivity contribution in [2.24, 2.45) is 0 Å². The topological polar surface area (TPSA) is 90.3 Å². The number of aryl methyl sites for hydroxylation is 2. The van der Waals surface area contributed by atoms with Gasteiger partial charge in [0.05, 0.1) is 17.5 Å². The Morgan fingerprint density at radius 1 is 1.06 bits per heavy atom. The van der Waals surface area contributed by atoms with Crippen LogP contribution in [0, 0.1) is 0 Å². The highest BCUT2D eigenvalue weighted by Crippen LogP contribution is 2.20. The van der Waals surface area contributed by atoms with E-state index in [9.17, 15) is 14.4 Å². The van der Waals surface area contributed by atoms with E-state index in [1.54, 1.807) is 4.57 Å². The van der Waals surface area contributed by atoms with Crippen molar-refractivity contribution in [2.45, 2.75) is 78.4 Å². The minimum Gasteiger partial charge on any atom is -0.453 e. The Hall–Kier alpha value is -3.48. The number of aromatic nitrogens is 2. The Balaban J connectivity index is 1.60. The lowest BCUT2D eigenvalue weighted by Crippen LogP contribution is -2.30. The minimum absolute atomic E-state index is 0.0322. The van der Waals surface area contributed by atoms with Crippen LogP contribution in [0.1, 0.15) is 70.6 Å². The van der Waals surface area contributed by atoms with Crippen LogP contribution in [-0.2, 0) is 27.3 Å². The van der Waals surface area contributed by atoms with E-state index in [-0.39, 0.29) is 18.4 Å². The summed E-state index contributed by atoms with van der Waals surface area (Å²) in [5.74, 6) is -0.498. The number of amides is 1. The van der Waals surface area contributed by atoms with Crippen molar-refractivity contribution < 1.29 is 14.3 Å². The molecule has 0 spiro atoms. The number of fused-ring (bicyclic) bond motifs is 1. The third kappa shape index (κ3) is 6.78. The molecule has 1 N–H and O–H groups in total. The first-order valence-electron chi connectivity index (χ1n) is 12.4. The highest BCUT2D eigenvalue weighted by molar-refractivity contribution is 5.95. The summed E-state index contributed by atoms with van der Waals surface area (Å²) in [7, 11) is 0. The molecular formula is C28H35N3O4. The largest absolute Gasteiger partial charge is 0.453 e. The van der Waals surface area contributed by atoms with Crippen LogP contribution in [-0.4, -0.2) is 27.5 Å². The standard InChI is InChI=1S/C28H35N3O4/c1-5-7-18-31-25-11-9-8-10-23(25)30-24(28(31)34)16-17-26(32)35-20(4)27(33)29-22-14-12-21(13-15-22)19(3)6-2/h8-15,19-20H,5-7,16-18H2,1-4H3,(H,29,33)/t19-,20+/m1/s1. The summed E-state index contributed by atoms with van der Waals surface area (Å²) in [6.07, 6.45) is 2.05. The van der Waals surface area contributed by atoms with Gasteiger partial charge < -0.3 is 14.6 Å². The number of benzene rings is 2. The van der Waals surface area contributed by atoms with E-state index >= 15 is 0 Å². The molecule has 1 amide bonds. The summed E-state index contributed by atoms with van der Waals surface area (Å²) >= 11 is 0. The number of ether oxygens (including phenoxy) is 1. The predicted octanol–water partition coefficient (Wildman–Crippen LogP) is 5.21. The van der Waals surface area contributed by atoms with Gasteiger partial charge >= 0.3 is 5.97 Å². The molecule has 0 aliphatic heterocycles. The molecule has 1 heterocycles. The molecule has 7 nitrogen and oxygen atoms in total. The monoisotopic (exact) mass is 477 g/mol. The van der Waals surface area contributed by atoms with Crippen LogP contribution in [0.2, 0.25) is 0 Å². The van der Waals surface area contributed by atoms with Gasteiger partial charge in [-0.1, -0.05) is 51.5 Å². The second-order valence-electron chi connectivity index (χ2n) is 8.91. The van der Waals surface area contributed by atoms with Crippen LogP contribution in [0.5, 0.6) is 0 Å². The maximum Gasteiger partial charge on any atom is 0.306 e. The van der Waals surface area contributed by atoms with Crippen LogP contribution in [0.25, 0.3) is 11.0 Å². The first kappa shape index (κ1) is 26.1. The fraction of sp³-hybridized carbons (Fsp3) is 0.429. The van der Waals surface area contributed by atoms with Crippen molar-refractivity contribution in [2.75, 3.05) is 5.32 Å². The van der Waals surface area contributed by atoms with E-state index in [4.69, 9.17) is 4.74 Å². The molecule has 35 heavy (non-hydrogen) atoms. The molecule has 0 saturated heterocycles. The van der Waals surface area contributed by atoms with Crippen molar-refractivity contribution in [3.05, 3.63) is 70.1 Å². The summed E-state index contributed by atoms with van der Waals surface area (Å²) in [5.41, 5.74) is 3.52. The summed E-state index contributed by atoms with van der Waals surface area (Å²) < 4.78 is 7.05. The molecule has 0 bridgehead atoms. The Morgan fingerprint density at radius 2 is 1.77 bits per heavy atom. The van der Waals surface area contributed by atoms with Gasteiger partial charge in [-0.25, -0.2) is 4.98 Å². The number of hydrogen-bond acceptors (Lipinski definition) is 5. The van der Waals surface area contributed by atoms with Crippen LogP contribution in [0.4, 0.5) is 5.69 Å². The third-order valence-electron chi connectivity index (χ3n) is 6.26. The van der Waals surface area contributed by atoms with Crippen LogP contribution in [0.15, 0.2) is 53.3 Å². The van der Waals surface area contributed by atoms with Crippen LogP contribution < -0.4 is 10.9 Å². The quantitative estimate of drug-likeness (QED) is 0.383. The molecule has 1 aromatic heterocycles. The SMILES string of the molecule is CCCCn1c(=O)c(CCC(=O)O[C@@H](C)C(=O)Nc2ccc([C@H](C)CC)cc2)nc2ccccc21. The van der Waals surface area contributed by atoms with Gasteiger partial charge in [0.15, 0.2) is 6.10 Å². The molecular weight excluding hydrogens is 442 g/mol. The molecule has 0 aliphatic rings. The molecule has 3 aromatic rings. The van der Waals surface area contributed by atoms with Crippen molar-refractivity contribution in [1.29, 1.82) is 0 Å². The van der Waals surface area contributed by atoms with Gasteiger partial charge in [0, 0.05) is 18.7 Å². The molecule has 2 aromatic carbocycles. The molecule has 2 atom stereocenters. The molecule has 186 valence electrons. The normalized spacial score (nSPS) is 12.8. The zero-order chi connectivity index (χ0) is 25.4. The number of anilines is 1. The first-order valence-corrected chi connectivity index (χ1v) is 12.4. The molecule has 0 saturated carbocycles. The van der Waals surface area contributed by atoms with Crippen molar-refractivity contribution in [1.82, 2.24) is 9.55 Å². The number of rotatable bonds is 11. The van der Waals surface area contributed by atoms with Crippen molar-refractivity contribution in [3.63, 3.8) is 0 Å². The van der Waals surface area contributed by atoms with Gasteiger partial charge in [-0.3, -0.25) is 14.4 Å². The van der Waals surface area contributed by atoms with E-state index in [1.165, 1.54) is 12.5 Å². The molecule has 0 aliphatic carbocycles. The summed E-state index contributed by atoms with van der Waals surface area (Å²) in [5, 5.41) is 2.78. The Labute approximate surface area is 206 Å². The Kier molecular flexibility index (Phi) is 9.18. The second kappa shape index (κ2) is 12.3. The Morgan fingerprint density at radius 3 is 2.46 bits per heavy atom. The van der Waals surface area contributed by atoms with Gasteiger partial charge in [0.25, 0.3) is 11.5 Å². The van der Waals surface area contributed by atoms with Crippen LogP contribution >= 0.6 is 0 Å². The first-order chi connectivity index (χ1) is 16.8. The van der Waals surface area contributed by atoms with Crippen molar-refractivity contribution >= 4 is 28.6 Å². The smallest absolute Gasteiger partial charge is 0.306 e. The molecule has 3 rings (SSSR count).